The van der Waals surface area contributed by atoms with Gasteiger partial charge in [-0.3, -0.25) is 4.99 Å². The lowest BCUT2D eigenvalue weighted by Gasteiger charge is -2.20. The van der Waals surface area contributed by atoms with Gasteiger partial charge in [0, 0.05) is 12.0 Å². The molecule has 1 aliphatic heterocycles. The molecule has 0 unspecified atom stereocenters. The summed E-state index contributed by atoms with van der Waals surface area (Å²) in [5, 5.41) is 16.0. The first kappa shape index (κ1) is 6.07. The second-order valence-corrected chi connectivity index (χ2v) is 2.85. The van der Waals surface area contributed by atoms with E-state index in [0.717, 1.165) is 11.8 Å². The molecule has 0 aliphatic carbocycles. The Hall–Kier alpha value is -0.0600. The number of thioether (sulfide) groups is 1. The van der Waals surface area contributed by atoms with E-state index in [4.69, 9.17) is 10.2 Å². The van der Waals surface area contributed by atoms with Crippen LogP contribution in [0.15, 0.2) is 4.99 Å². The molecule has 0 aromatic carbocycles. The molecule has 0 fully saturated rings. The Bertz CT molecular complexity index is 113. The first-order valence-electron chi connectivity index (χ1n) is 2.28. The summed E-state index contributed by atoms with van der Waals surface area (Å²) in [6.07, 6.45) is 1.68. The molecule has 3 nitrogen and oxygen atoms in total. The van der Waals surface area contributed by atoms with Crippen LogP contribution >= 0.6 is 11.8 Å². The zero-order chi connectivity index (χ0) is 6.04. The van der Waals surface area contributed by atoms with Crippen LogP contribution in [-0.4, -0.2) is 33.8 Å². The molecule has 4 heteroatoms. The number of rotatable bonds is 0. The summed E-state index contributed by atoms with van der Waals surface area (Å²) in [5.41, 5.74) is 0. The third-order valence-electron chi connectivity index (χ3n) is 0.815. The monoisotopic (exact) mass is 133 g/mol. The van der Waals surface area contributed by atoms with Gasteiger partial charge in [-0.1, -0.05) is 11.8 Å². The molecule has 0 spiro atoms. The maximum absolute atomic E-state index is 8.78. The fourth-order valence-electron chi connectivity index (χ4n) is 0.453. The minimum absolute atomic E-state index is 0.0949. The smallest absolute Gasteiger partial charge is 0.233 e. The first-order chi connectivity index (χ1) is 3.71. The minimum atomic E-state index is -1.60. The SMILES string of the molecule is OC1(O)CN=CCS1. The predicted octanol–water partition coefficient (Wildman–Crippen LogP) is -0.558. The molecular formula is C4H7NO2S. The van der Waals surface area contributed by atoms with Crippen molar-refractivity contribution in [3.8, 4) is 0 Å². The number of aliphatic imine (C=N–C) groups is 1. The van der Waals surface area contributed by atoms with Gasteiger partial charge in [0.1, 0.15) is 6.54 Å². The van der Waals surface area contributed by atoms with Gasteiger partial charge in [0.05, 0.1) is 0 Å². The van der Waals surface area contributed by atoms with Crippen molar-refractivity contribution >= 4 is 18.0 Å². The Morgan fingerprint density at radius 3 is 2.62 bits per heavy atom. The molecule has 8 heavy (non-hydrogen) atoms. The highest BCUT2D eigenvalue weighted by Crippen LogP contribution is 2.20. The average molecular weight is 133 g/mol. The van der Waals surface area contributed by atoms with Gasteiger partial charge < -0.3 is 10.2 Å². The fraction of sp³-hybridized carbons (Fsp3) is 0.750. The highest BCUT2D eigenvalue weighted by molar-refractivity contribution is 8.00. The highest BCUT2D eigenvalue weighted by Gasteiger charge is 2.24. The fourth-order valence-corrected chi connectivity index (χ4v) is 1.07. The number of aliphatic hydroxyl groups is 2. The van der Waals surface area contributed by atoms with Gasteiger partial charge in [-0.05, 0) is 0 Å². The van der Waals surface area contributed by atoms with Crippen molar-refractivity contribution in [1.29, 1.82) is 0 Å². The van der Waals surface area contributed by atoms with Crippen molar-refractivity contribution in [2.45, 2.75) is 5.12 Å². The van der Waals surface area contributed by atoms with Crippen molar-refractivity contribution < 1.29 is 10.2 Å². The molecule has 1 heterocycles. The highest BCUT2D eigenvalue weighted by atomic mass is 32.2. The summed E-state index contributed by atoms with van der Waals surface area (Å²) in [7, 11) is 0. The molecular weight excluding hydrogens is 126 g/mol. The van der Waals surface area contributed by atoms with E-state index < -0.39 is 5.12 Å². The molecule has 0 aromatic heterocycles. The van der Waals surface area contributed by atoms with Crippen molar-refractivity contribution in [2.24, 2.45) is 4.99 Å². The second-order valence-electron chi connectivity index (χ2n) is 1.58. The Morgan fingerprint density at radius 2 is 2.38 bits per heavy atom. The third-order valence-corrected chi connectivity index (χ3v) is 1.72. The van der Waals surface area contributed by atoms with Crippen LogP contribution in [0.5, 0.6) is 0 Å². The number of hydrogen-bond donors (Lipinski definition) is 2. The molecule has 0 bridgehead atoms. The van der Waals surface area contributed by atoms with Crippen LogP contribution in [0.2, 0.25) is 0 Å². The molecule has 0 radical (unpaired) electrons. The van der Waals surface area contributed by atoms with Crippen LogP contribution in [0.4, 0.5) is 0 Å². The zero-order valence-corrected chi connectivity index (χ0v) is 5.06. The van der Waals surface area contributed by atoms with Crippen molar-refractivity contribution in [2.75, 3.05) is 12.3 Å². The molecule has 0 amide bonds. The van der Waals surface area contributed by atoms with E-state index >= 15 is 0 Å². The molecule has 0 aromatic rings. The molecule has 46 valence electrons. The van der Waals surface area contributed by atoms with Crippen molar-refractivity contribution in [1.82, 2.24) is 0 Å². The van der Waals surface area contributed by atoms with E-state index in [1.54, 1.807) is 6.21 Å². The van der Waals surface area contributed by atoms with E-state index in [1.807, 2.05) is 0 Å². The Kier molecular flexibility index (Phi) is 1.55. The maximum atomic E-state index is 8.78. The Morgan fingerprint density at radius 1 is 1.62 bits per heavy atom. The van der Waals surface area contributed by atoms with E-state index in [-0.39, 0.29) is 6.54 Å². The van der Waals surface area contributed by atoms with Crippen LogP contribution < -0.4 is 0 Å². The molecule has 1 aliphatic rings. The predicted molar refractivity (Wildman–Crippen MR) is 33.0 cm³/mol. The largest absolute Gasteiger partial charge is 0.356 e. The first-order valence-corrected chi connectivity index (χ1v) is 3.26. The summed E-state index contributed by atoms with van der Waals surface area (Å²) in [6.45, 7) is 0.0949. The average Bonchev–Trinajstić information content (AvgIpc) is 1.65. The van der Waals surface area contributed by atoms with Crippen LogP contribution in [0.3, 0.4) is 0 Å². The minimum Gasteiger partial charge on any atom is -0.356 e. The normalized spacial score (nSPS) is 25.8. The summed E-state index contributed by atoms with van der Waals surface area (Å²) < 4.78 is 0. The summed E-state index contributed by atoms with van der Waals surface area (Å²) in [4.78, 5) is 3.68. The van der Waals surface area contributed by atoms with E-state index in [0.29, 0.717) is 5.75 Å². The van der Waals surface area contributed by atoms with E-state index in [2.05, 4.69) is 4.99 Å². The maximum Gasteiger partial charge on any atom is 0.233 e. The Balaban J connectivity index is 2.50. The second kappa shape index (κ2) is 2.05. The molecule has 0 saturated heterocycles. The number of hydrogen-bond acceptors (Lipinski definition) is 4. The van der Waals surface area contributed by atoms with Gasteiger partial charge in [0.2, 0.25) is 5.12 Å². The summed E-state index contributed by atoms with van der Waals surface area (Å²) in [5.74, 6) is 0.590. The quantitative estimate of drug-likeness (QED) is 0.436. The van der Waals surface area contributed by atoms with Gasteiger partial charge in [-0.15, -0.1) is 0 Å². The van der Waals surface area contributed by atoms with E-state index in [9.17, 15) is 0 Å². The molecule has 0 saturated carbocycles. The molecule has 1 rings (SSSR count). The topological polar surface area (TPSA) is 52.8 Å². The Labute approximate surface area is 51.4 Å². The van der Waals surface area contributed by atoms with Crippen molar-refractivity contribution in [3.63, 3.8) is 0 Å². The lowest BCUT2D eigenvalue weighted by atomic mass is 10.6. The van der Waals surface area contributed by atoms with E-state index in [1.165, 1.54) is 0 Å². The van der Waals surface area contributed by atoms with Gasteiger partial charge >= 0.3 is 0 Å². The van der Waals surface area contributed by atoms with Crippen LogP contribution in [0.25, 0.3) is 0 Å². The number of nitrogens with zero attached hydrogens (tertiary/aromatic N) is 1. The molecule has 2 N–H and O–H groups in total. The lowest BCUT2D eigenvalue weighted by molar-refractivity contribution is -0.0667. The summed E-state index contributed by atoms with van der Waals surface area (Å²) in [6, 6.07) is 0. The van der Waals surface area contributed by atoms with Gasteiger partial charge in [-0.25, -0.2) is 0 Å². The van der Waals surface area contributed by atoms with Gasteiger partial charge in [-0.2, -0.15) is 0 Å². The summed E-state index contributed by atoms with van der Waals surface area (Å²) >= 11 is 1.08. The van der Waals surface area contributed by atoms with Crippen molar-refractivity contribution in [3.05, 3.63) is 0 Å². The van der Waals surface area contributed by atoms with Crippen LogP contribution in [0, 0.1) is 0 Å². The standard InChI is InChI=1S/C4H7NO2S/c6-4(7)3-5-1-2-8-4/h1,6-7H,2-3H2. The lowest BCUT2D eigenvalue weighted by Crippen LogP contribution is -2.30. The van der Waals surface area contributed by atoms with Gasteiger partial charge in [0.15, 0.2) is 0 Å². The van der Waals surface area contributed by atoms with Crippen LogP contribution in [0.1, 0.15) is 0 Å². The van der Waals surface area contributed by atoms with Crippen LogP contribution in [-0.2, 0) is 0 Å². The van der Waals surface area contributed by atoms with Gasteiger partial charge in [0.25, 0.3) is 0 Å². The third kappa shape index (κ3) is 1.47. The molecule has 0 atom stereocenters. The zero-order valence-electron chi connectivity index (χ0n) is 4.24.